The van der Waals surface area contributed by atoms with Gasteiger partial charge in [0.25, 0.3) is 0 Å². The first-order valence-corrected chi connectivity index (χ1v) is 4.39. The smallest absolute Gasteiger partial charge is 0.224 e. The Morgan fingerprint density at radius 1 is 1.43 bits per heavy atom. The normalized spacial score (nSPS) is 14.1. The Morgan fingerprint density at radius 2 is 2.29 bits per heavy atom. The fourth-order valence-electron chi connectivity index (χ4n) is 1.63. The first-order chi connectivity index (χ1) is 6.81. The molecule has 1 aromatic carbocycles. The third kappa shape index (κ3) is 1.46. The van der Waals surface area contributed by atoms with Crippen LogP contribution in [0.4, 0.5) is 5.69 Å². The third-order valence-corrected chi connectivity index (χ3v) is 2.30. The topological polar surface area (TPSA) is 58.2 Å². The highest BCUT2D eigenvalue weighted by atomic mass is 16.1. The Hall–Kier alpha value is -1.84. The number of carbonyl (C=O) groups excluding carboxylic acids is 2. The Balaban J connectivity index is 2.40. The summed E-state index contributed by atoms with van der Waals surface area (Å²) in [5.41, 5.74) is 2.76. The highest BCUT2D eigenvalue weighted by molar-refractivity contribution is 5.83. The van der Waals surface area contributed by atoms with E-state index in [0.29, 0.717) is 19.4 Å². The number of hydrogen-bond acceptors (Lipinski definition) is 2. The van der Waals surface area contributed by atoms with Crippen LogP contribution in [-0.4, -0.2) is 12.3 Å². The standard InChI is InChI=1S/C10H10N2O2/c13-6-12-9-3-1-2-7-4-10(14)11-5-8(7)9/h1-3,6H,4-5H2,(H,11,14)(H,12,13). The van der Waals surface area contributed by atoms with Crippen LogP contribution in [0.15, 0.2) is 18.2 Å². The fourth-order valence-corrected chi connectivity index (χ4v) is 1.63. The van der Waals surface area contributed by atoms with Crippen LogP contribution >= 0.6 is 0 Å². The largest absolute Gasteiger partial charge is 0.352 e. The van der Waals surface area contributed by atoms with Crippen molar-refractivity contribution < 1.29 is 9.59 Å². The second-order valence-electron chi connectivity index (χ2n) is 3.16. The monoisotopic (exact) mass is 190 g/mol. The summed E-state index contributed by atoms with van der Waals surface area (Å²) < 4.78 is 0. The zero-order valence-corrected chi connectivity index (χ0v) is 7.54. The maximum absolute atomic E-state index is 11.1. The van der Waals surface area contributed by atoms with Crippen LogP contribution in [-0.2, 0) is 22.6 Å². The molecule has 1 heterocycles. The molecule has 0 unspecified atom stereocenters. The maximum Gasteiger partial charge on any atom is 0.224 e. The van der Waals surface area contributed by atoms with E-state index in [1.807, 2.05) is 18.2 Å². The zero-order chi connectivity index (χ0) is 9.97. The van der Waals surface area contributed by atoms with E-state index >= 15 is 0 Å². The van der Waals surface area contributed by atoms with Crippen molar-refractivity contribution in [2.45, 2.75) is 13.0 Å². The van der Waals surface area contributed by atoms with Gasteiger partial charge in [0.15, 0.2) is 0 Å². The summed E-state index contributed by atoms with van der Waals surface area (Å²) >= 11 is 0. The molecule has 0 saturated carbocycles. The molecular formula is C10H10N2O2. The summed E-state index contributed by atoms with van der Waals surface area (Å²) in [6.07, 6.45) is 1.04. The lowest BCUT2D eigenvalue weighted by molar-refractivity contribution is -0.121. The Labute approximate surface area is 81.3 Å². The maximum atomic E-state index is 11.1. The molecule has 1 aromatic rings. The predicted molar refractivity (Wildman–Crippen MR) is 51.7 cm³/mol. The molecule has 2 N–H and O–H groups in total. The molecule has 0 radical (unpaired) electrons. The highest BCUT2D eigenvalue weighted by Gasteiger charge is 2.16. The van der Waals surface area contributed by atoms with Crippen molar-refractivity contribution in [3.63, 3.8) is 0 Å². The van der Waals surface area contributed by atoms with E-state index in [1.54, 1.807) is 0 Å². The summed E-state index contributed by atoms with van der Waals surface area (Å²) in [4.78, 5) is 21.4. The quantitative estimate of drug-likeness (QED) is 0.664. The van der Waals surface area contributed by atoms with E-state index in [2.05, 4.69) is 10.6 Å². The number of fused-ring (bicyclic) bond motifs is 1. The second-order valence-corrected chi connectivity index (χ2v) is 3.16. The fraction of sp³-hybridized carbons (Fsp3) is 0.200. The Kier molecular flexibility index (Phi) is 2.18. The molecule has 1 aliphatic rings. The lowest BCUT2D eigenvalue weighted by atomic mass is 9.99. The minimum atomic E-state index is 0.0285. The SMILES string of the molecule is O=CNc1cccc2c1CNC(=O)C2. The number of hydrogen-bond donors (Lipinski definition) is 2. The molecule has 2 rings (SSSR count). The Bertz CT molecular complexity index is 373. The van der Waals surface area contributed by atoms with Gasteiger partial charge in [-0.3, -0.25) is 9.59 Å². The number of rotatable bonds is 2. The number of amides is 2. The van der Waals surface area contributed by atoms with Crippen LogP contribution < -0.4 is 10.6 Å². The van der Waals surface area contributed by atoms with Crippen molar-refractivity contribution in [2.24, 2.45) is 0 Å². The minimum absolute atomic E-state index is 0.0285. The molecule has 0 bridgehead atoms. The van der Waals surface area contributed by atoms with Gasteiger partial charge in [0.1, 0.15) is 0 Å². The van der Waals surface area contributed by atoms with Crippen molar-refractivity contribution in [1.82, 2.24) is 5.32 Å². The lowest BCUT2D eigenvalue weighted by Crippen LogP contribution is -2.30. The van der Waals surface area contributed by atoms with E-state index in [4.69, 9.17) is 0 Å². The van der Waals surface area contributed by atoms with Crippen LogP contribution in [0.2, 0.25) is 0 Å². The lowest BCUT2D eigenvalue weighted by Gasteiger charge is -2.19. The van der Waals surface area contributed by atoms with Gasteiger partial charge in [0.2, 0.25) is 12.3 Å². The van der Waals surface area contributed by atoms with Crippen molar-refractivity contribution in [3.05, 3.63) is 29.3 Å². The van der Waals surface area contributed by atoms with Crippen LogP contribution in [0.5, 0.6) is 0 Å². The van der Waals surface area contributed by atoms with E-state index < -0.39 is 0 Å². The molecule has 0 fully saturated rings. The van der Waals surface area contributed by atoms with Gasteiger partial charge >= 0.3 is 0 Å². The average molecular weight is 190 g/mol. The predicted octanol–water partition coefficient (Wildman–Crippen LogP) is 0.427. The van der Waals surface area contributed by atoms with Crippen LogP contribution in [0.1, 0.15) is 11.1 Å². The molecule has 0 atom stereocenters. The number of benzene rings is 1. The van der Waals surface area contributed by atoms with Gasteiger partial charge in [-0.05, 0) is 17.2 Å². The second kappa shape index (κ2) is 3.49. The highest BCUT2D eigenvalue weighted by Crippen LogP contribution is 2.22. The number of nitrogens with one attached hydrogen (secondary N) is 2. The Morgan fingerprint density at radius 3 is 3.07 bits per heavy atom. The summed E-state index contributed by atoms with van der Waals surface area (Å²) in [6.45, 7) is 0.491. The van der Waals surface area contributed by atoms with E-state index in [1.165, 1.54) is 0 Å². The first-order valence-electron chi connectivity index (χ1n) is 4.39. The van der Waals surface area contributed by atoms with E-state index in [9.17, 15) is 9.59 Å². The van der Waals surface area contributed by atoms with Crippen molar-refractivity contribution in [3.8, 4) is 0 Å². The molecule has 1 aliphatic heterocycles. The van der Waals surface area contributed by atoms with E-state index in [0.717, 1.165) is 16.8 Å². The van der Waals surface area contributed by atoms with Gasteiger partial charge in [0.05, 0.1) is 6.42 Å². The molecule has 0 spiro atoms. The zero-order valence-electron chi connectivity index (χ0n) is 7.54. The van der Waals surface area contributed by atoms with Gasteiger partial charge < -0.3 is 10.6 Å². The molecular weight excluding hydrogens is 180 g/mol. The summed E-state index contributed by atoms with van der Waals surface area (Å²) in [5.74, 6) is 0.0285. The van der Waals surface area contributed by atoms with Gasteiger partial charge in [0, 0.05) is 12.2 Å². The van der Waals surface area contributed by atoms with Gasteiger partial charge in [-0.1, -0.05) is 12.1 Å². The molecule has 0 saturated heterocycles. The minimum Gasteiger partial charge on any atom is -0.352 e. The number of carbonyl (C=O) groups is 2. The summed E-state index contributed by atoms with van der Waals surface area (Å²) in [7, 11) is 0. The molecule has 4 heteroatoms. The van der Waals surface area contributed by atoms with Crippen molar-refractivity contribution in [1.29, 1.82) is 0 Å². The average Bonchev–Trinajstić information content (AvgIpc) is 2.18. The van der Waals surface area contributed by atoms with Crippen molar-refractivity contribution in [2.75, 3.05) is 5.32 Å². The first kappa shape index (κ1) is 8.74. The molecule has 4 nitrogen and oxygen atoms in total. The van der Waals surface area contributed by atoms with Gasteiger partial charge in [-0.15, -0.1) is 0 Å². The van der Waals surface area contributed by atoms with Crippen LogP contribution in [0, 0.1) is 0 Å². The summed E-state index contributed by atoms with van der Waals surface area (Å²) in [5, 5.41) is 5.36. The van der Waals surface area contributed by atoms with Crippen LogP contribution in [0.3, 0.4) is 0 Å². The molecule has 2 amide bonds. The van der Waals surface area contributed by atoms with E-state index in [-0.39, 0.29) is 5.91 Å². The van der Waals surface area contributed by atoms with Crippen LogP contribution in [0.25, 0.3) is 0 Å². The molecule has 14 heavy (non-hydrogen) atoms. The third-order valence-electron chi connectivity index (χ3n) is 2.30. The van der Waals surface area contributed by atoms with Gasteiger partial charge in [-0.25, -0.2) is 0 Å². The number of anilines is 1. The summed E-state index contributed by atoms with van der Waals surface area (Å²) in [6, 6.07) is 5.57. The molecule has 72 valence electrons. The molecule has 0 aliphatic carbocycles. The van der Waals surface area contributed by atoms with Gasteiger partial charge in [-0.2, -0.15) is 0 Å². The van der Waals surface area contributed by atoms with Crippen molar-refractivity contribution >= 4 is 18.0 Å². The molecule has 0 aromatic heterocycles.